The Kier molecular flexibility index (Phi) is 5.68. The summed E-state index contributed by atoms with van der Waals surface area (Å²) in [6.45, 7) is 7.43. The fourth-order valence-corrected chi connectivity index (χ4v) is 2.97. The van der Waals surface area contributed by atoms with Crippen LogP contribution < -0.4 is 10.9 Å². The van der Waals surface area contributed by atoms with Gasteiger partial charge in [-0.2, -0.15) is 0 Å². The number of nitrogens with zero attached hydrogens (tertiary/aromatic N) is 2. The van der Waals surface area contributed by atoms with Crippen LogP contribution in [-0.2, 0) is 4.74 Å². The molecule has 0 saturated carbocycles. The number of rotatable bonds is 4. The van der Waals surface area contributed by atoms with Gasteiger partial charge in [-0.15, -0.1) is 0 Å². The second-order valence-corrected chi connectivity index (χ2v) is 7.89. The van der Waals surface area contributed by atoms with E-state index in [9.17, 15) is 14.0 Å². The maximum atomic E-state index is 13.7. The zero-order chi connectivity index (χ0) is 21.2. The molecule has 0 aliphatic heterocycles. The van der Waals surface area contributed by atoms with Gasteiger partial charge in [-0.05, 0) is 51.1 Å². The zero-order valence-corrected chi connectivity index (χ0v) is 16.9. The number of ether oxygens (including phenoxy) is 1. The number of benzene rings is 2. The van der Waals surface area contributed by atoms with E-state index < -0.39 is 17.5 Å². The molecule has 0 spiro atoms. The van der Waals surface area contributed by atoms with E-state index in [1.54, 1.807) is 32.9 Å². The summed E-state index contributed by atoms with van der Waals surface area (Å²) in [6, 6.07) is 13.0. The molecule has 6 nitrogen and oxygen atoms in total. The molecule has 152 valence electrons. The molecule has 0 fully saturated rings. The van der Waals surface area contributed by atoms with Gasteiger partial charge < -0.3 is 10.1 Å². The number of carbonyl (C=O) groups excluding carboxylic acids is 1. The largest absolute Gasteiger partial charge is 0.444 e. The number of para-hydroxylation sites is 1. The van der Waals surface area contributed by atoms with E-state index >= 15 is 0 Å². The third-order valence-electron chi connectivity index (χ3n) is 4.26. The van der Waals surface area contributed by atoms with Crippen LogP contribution in [0.1, 0.15) is 39.4 Å². The first kappa shape index (κ1) is 20.5. The number of carbonyl (C=O) groups is 1. The highest BCUT2D eigenvalue weighted by atomic mass is 19.1. The van der Waals surface area contributed by atoms with Crippen LogP contribution in [0.15, 0.2) is 53.3 Å². The molecule has 1 unspecified atom stereocenters. The number of alkyl carbamates (subject to hydrolysis) is 1. The molecule has 0 aliphatic rings. The van der Waals surface area contributed by atoms with Crippen molar-refractivity contribution in [1.82, 2.24) is 14.9 Å². The quantitative estimate of drug-likeness (QED) is 0.718. The lowest BCUT2D eigenvalue weighted by molar-refractivity contribution is 0.0524. The van der Waals surface area contributed by atoms with Gasteiger partial charge in [0, 0.05) is 12.5 Å². The number of amides is 1. The first-order valence-electron chi connectivity index (χ1n) is 9.40. The topological polar surface area (TPSA) is 73.2 Å². The SMILES string of the molecule is CC(CNC(=O)OC(C)(C)C)c1nc2ccc(F)cc2c(=O)n1-c1ccccc1. The first-order chi connectivity index (χ1) is 13.7. The number of fused-ring (bicyclic) bond motifs is 1. The Balaban J connectivity index is 2.03. The molecular weight excluding hydrogens is 373 g/mol. The Morgan fingerprint density at radius 1 is 1.21 bits per heavy atom. The second kappa shape index (κ2) is 8.03. The average molecular weight is 397 g/mol. The van der Waals surface area contributed by atoms with Crippen LogP contribution in [0.2, 0.25) is 0 Å². The predicted octanol–water partition coefficient (Wildman–Crippen LogP) is 4.15. The molecule has 3 rings (SSSR count). The fourth-order valence-electron chi connectivity index (χ4n) is 2.97. The normalized spacial score (nSPS) is 12.6. The summed E-state index contributed by atoms with van der Waals surface area (Å²) in [4.78, 5) is 29.8. The molecule has 1 amide bonds. The number of halogens is 1. The molecular formula is C22H24FN3O3. The lowest BCUT2D eigenvalue weighted by Gasteiger charge is -2.22. The summed E-state index contributed by atoms with van der Waals surface area (Å²) in [6.07, 6.45) is -0.541. The second-order valence-electron chi connectivity index (χ2n) is 7.89. The Bertz CT molecular complexity index is 1090. The summed E-state index contributed by atoms with van der Waals surface area (Å²) in [7, 11) is 0. The summed E-state index contributed by atoms with van der Waals surface area (Å²) >= 11 is 0. The van der Waals surface area contributed by atoms with Crippen molar-refractivity contribution < 1.29 is 13.9 Å². The van der Waals surface area contributed by atoms with E-state index in [0.29, 0.717) is 17.0 Å². The van der Waals surface area contributed by atoms with Gasteiger partial charge in [0.1, 0.15) is 17.2 Å². The summed E-state index contributed by atoms with van der Waals surface area (Å²) < 4.78 is 20.4. The Morgan fingerprint density at radius 3 is 2.55 bits per heavy atom. The van der Waals surface area contributed by atoms with Crippen LogP contribution in [0.4, 0.5) is 9.18 Å². The summed E-state index contributed by atoms with van der Waals surface area (Å²) in [5, 5.41) is 2.92. The average Bonchev–Trinajstić information content (AvgIpc) is 2.66. The van der Waals surface area contributed by atoms with Crippen molar-refractivity contribution in [2.45, 2.75) is 39.2 Å². The van der Waals surface area contributed by atoms with Crippen molar-refractivity contribution in [3.63, 3.8) is 0 Å². The van der Waals surface area contributed by atoms with E-state index in [0.717, 1.165) is 0 Å². The van der Waals surface area contributed by atoms with Crippen LogP contribution in [0, 0.1) is 5.82 Å². The molecule has 0 saturated heterocycles. The minimum Gasteiger partial charge on any atom is -0.444 e. The Morgan fingerprint density at radius 2 is 1.90 bits per heavy atom. The lowest BCUT2D eigenvalue weighted by Crippen LogP contribution is -2.35. The molecule has 0 aliphatic carbocycles. The lowest BCUT2D eigenvalue weighted by atomic mass is 10.1. The van der Waals surface area contributed by atoms with Gasteiger partial charge >= 0.3 is 6.09 Å². The standard InChI is InChI=1S/C22H24FN3O3/c1-14(13-24-21(28)29-22(2,3)4)19-25-18-11-10-15(23)12-17(18)20(27)26(19)16-8-6-5-7-9-16/h5-12,14H,13H2,1-4H3,(H,24,28). The number of aromatic nitrogens is 2. The van der Waals surface area contributed by atoms with Crippen LogP contribution in [0.5, 0.6) is 0 Å². The van der Waals surface area contributed by atoms with E-state index in [1.807, 2.05) is 25.1 Å². The molecule has 1 heterocycles. The van der Waals surface area contributed by atoms with Crippen LogP contribution >= 0.6 is 0 Å². The molecule has 1 N–H and O–H groups in total. The van der Waals surface area contributed by atoms with Gasteiger partial charge in [0.05, 0.1) is 16.6 Å². The molecule has 1 aromatic heterocycles. The first-order valence-corrected chi connectivity index (χ1v) is 9.40. The molecule has 0 radical (unpaired) electrons. The monoisotopic (exact) mass is 397 g/mol. The van der Waals surface area contributed by atoms with E-state index in [1.165, 1.54) is 22.8 Å². The van der Waals surface area contributed by atoms with E-state index in [4.69, 9.17) is 4.74 Å². The van der Waals surface area contributed by atoms with Crippen molar-refractivity contribution in [1.29, 1.82) is 0 Å². The van der Waals surface area contributed by atoms with Crippen molar-refractivity contribution in [3.8, 4) is 5.69 Å². The highest BCUT2D eigenvalue weighted by Gasteiger charge is 2.21. The molecule has 2 aromatic carbocycles. The maximum absolute atomic E-state index is 13.7. The summed E-state index contributed by atoms with van der Waals surface area (Å²) in [5.41, 5.74) is 0.0582. The van der Waals surface area contributed by atoms with E-state index in [-0.39, 0.29) is 23.4 Å². The van der Waals surface area contributed by atoms with E-state index in [2.05, 4.69) is 10.3 Å². The van der Waals surface area contributed by atoms with Gasteiger partial charge in [-0.25, -0.2) is 14.2 Å². The van der Waals surface area contributed by atoms with Crippen molar-refractivity contribution in [2.24, 2.45) is 0 Å². The molecule has 0 bridgehead atoms. The Hall–Kier alpha value is -3.22. The predicted molar refractivity (Wildman–Crippen MR) is 110 cm³/mol. The van der Waals surface area contributed by atoms with Crippen molar-refractivity contribution in [3.05, 3.63) is 70.5 Å². The minimum atomic E-state index is -0.606. The van der Waals surface area contributed by atoms with Gasteiger partial charge in [0.25, 0.3) is 5.56 Å². The highest BCUT2D eigenvalue weighted by Crippen LogP contribution is 2.20. The number of hydrogen-bond donors (Lipinski definition) is 1. The summed E-state index contributed by atoms with van der Waals surface area (Å²) in [5.74, 6) is -0.329. The molecule has 3 aromatic rings. The van der Waals surface area contributed by atoms with Gasteiger partial charge in [0.15, 0.2) is 0 Å². The van der Waals surface area contributed by atoms with Crippen LogP contribution in [-0.4, -0.2) is 27.8 Å². The minimum absolute atomic E-state index is 0.199. The zero-order valence-electron chi connectivity index (χ0n) is 16.9. The molecule has 7 heteroatoms. The third kappa shape index (κ3) is 4.80. The molecule has 29 heavy (non-hydrogen) atoms. The smallest absolute Gasteiger partial charge is 0.407 e. The highest BCUT2D eigenvalue weighted by molar-refractivity contribution is 5.78. The van der Waals surface area contributed by atoms with Crippen LogP contribution in [0.3, 0.4) is 0 Å². The molecule has 1 atom stereocenters. The fraction of sp³-hybridized carbons (Fsp3) is 0.318. The van der Waals surface area contributed by atoms with Crippen molar-refractivity contribution in [2.75, 3.05) is 6.54 Å². The third-order valence-corrected chi connectivity index (χ3v) is 4.26. The Labute approximate surface area is 168 Å². The maximum Gasteiger partial charge on any atom is 0.407 e. The van der Waals surface area contributed by atoms with Gasteiger partial charge in [-0.1, -0.05) is 25.1 Å². The number of nitrogens with one attached hydrogen (secondary N) is 1. The van der Waals surface area contributed by atoms with Gasteiger partial charge in [0.2, 0.25) is 0 Å². The van der Waals surface area contributed by atoms with Gasteiger partial charge in [-0.3, -0.25) is 9.36 Å². The van der Waals surface area contributed by atoms with Crippen molar-refractivity contribution >= 4 is 17.0 Å². The van der Waals surface area contributed by atoms with Crippen LogP contribution in [0.25, 0.3) is 16.6 Å². The number of hydrogen-bond acceptors (Lipinski definition) is 4.